The lowest BCUT2D eigenvalue weighted by atomic mass is 9.70. The maximum Gasteiger partial charge on any atom is 0.164 e. The Morgan fingerprint density at radius 1 is 0.246 bits per heavy atom. The van der Waals surface area contributed by atoms with Gasteiger partial charge >= 0.3 is 0 Å². The predicted octanol–water partition coefficient (Wildman–Crippen LogP) is 14.3. The van der Waals surface area contributed by atoms with Crippen molar-refractivity contribution < 1.29 is 0 Å². The average Bonchev–Trinajstić information content (AvgIpc) is 3.80. The van der Waals surface area contributed by atoms with Crippen LogP contribution in [0.15, 0.2) is 212 Å². The summed E-state index contributed by atoms with van der Waals surface area (Å²) in [6.45, 7) is 0. The summed E-state index contributed by atoms with van der Waals surface area (Å²) in [5, 5.41) is 7.02. The molecular weight excluding hydrogens is 739 g/mol. The molecule has 61 heavy (non-hydrogen) atoms. The Morgan fingerprint density at radius 3 is 1.41 bits per heavy atom. The highest BCUT2D eigenvalue weighted by Crippen LogP contribution is 2.63. The Hall–Kier alpha value is -8.01. The fourth-order valence-corrected chi connectivity index (χ4v) is 10.4. The van der Waals surface area contributed by atoms with Gasteiger partial charge in [0, 0.05) is 16.7 Å². The van der Waals surface area contributed by atoms with Gasteiger partial charge in [0.2, 0.25) is 0 Å². The Balaban J connectivity index is 1.04. The van der Waals surface area contributed by atoms with E-state index in [9.17, 15) is 0 Å². The summed E-state index contributed by atoms with van der Waals surface area (Å²) in [6.07, 6.45) is 0. The lowest BCUT2D eigenvalue weighted by molar-refractivity contribution is 0.794. The molecule has 2 aliphatic rings. The fourth-order valence-electron chi connectivity index (χ4n) is 10.4. The molecule has 2 aliphatic carbocycles. The second-order valence-electron chi connectivity index (χ2n) is 16.3. The van der Waals surface area contributed by atoms with Gasteiger partial charge in [-0.2, -0.15) is 0 Å². The van der Waals surface area contributed by atoms with E-state index in [1.165, 1.54) is 71.8 Å². The molecule has 0 aliphatic heterocycles. The van der Waals surface area contributed by atoms with E-state index in [1.54, 1.807) is 0 Å². The number of aromatic nitrogens is 3. The molecule has 0 saturated carbocycles. The van der Waals surface area contributed by atoms with Crippen LogP contribution in [0.25, 0.3) is 99.9 Å². The molecule has 1 heterocycles. The van der Waals surface area contributed by atoms with Crippen molar-refractivity contribution in [3.05, 3.63) is 235 Å². The molecule has 3 heteroatoms. The highest BCUT2D eigenvalue weighted by atomic mass is 15.0. The summed E-state index contributed by atoms with van der Waals surface area (Å²) >= 11 is 0. The Morgan fingerprint density at radius 2 is 0.705 bits per heavy atom. The topological polar surface area (TPSA) is 38.7 Å². The lowest BCUT2D eigenvalue weighted by Gasteiger charge is -2.30. The Kier molecular flexibility index (Phi) is 7.22. The largest absolute Gasteiger partial charge is 0.208 e. The molecule has 0 amide bonds. The number of hydrogen-bond donors (Lipinski definition) is 0. The molecule has 0 bridgehead atoms. The van der Waals surface area contributed by atoms with Gasteiger partial charge in [-0.25, -0.2) is 15.0 Å². The monoisotopic (exact) mass is 773 g/mol. The van der Waals surface area contributed by atoms with E-state index in [-0.39, 0.29) is 0 Å². The van der Waals surface area contributed by atoms with E-state index in [4.69, 9.17) is 15.0 Å². The normalized spacial score (nSPS) is 13.0. The summed E-state index contributed by atoms with van der Waals surface area (Å²) in [7, 11) is 0. The number of hydrogen-bond acceptors (Lipinski definition) is 3. The zero-order chi connectivity index (χ0) is 40.1. The van der Waals surface area contributed by atoms with Crippen LogP contribution in [0.2, 0.25) is 0 Å². The van der Waals surface area contributed by atoms with Crippen LogP contribution in [-0.4, -0.2) is 15.0 Å². The highest BCUT2D eigenvalue weighted by molar-refractivity contribution is 6.01. The number of nitrogens with zero attached hydrogens (tertiary/aromatic N) is 3. The van der Waals surface area contributed by atoms with E-state index in [0.717, 1.165) is 32.8 Å². The molecule has 3 nitrogen and oxygen atoms in total. The number of rotatable bonds is 4. The smallest absolute Gasteiger partial charge is 0.164 e. The van der Waals surface area contributed by atoms with E-state index in [2.05, 4.69) is 212 Å². The molecule has 10 aromatic carbocycles. The van der Waals surface area contributed by atoms with Gasteiger partial charge < -0.3 is 0 Å². The van der Waals surface area contributed by atoms with Crippen LogP contribution in [0.1, 0.15) is 22.3 Å². The van der Waals surface area contributed by atoms with Crippen LogP contribution in [0, 0.1) is 0 Å². The van der Waals surface area contributed by atoms with Gasteiger partial charge in [-0.05, 0) is 106 Å². The zero-order valence-electron chi connectivity index (χ0n) is 33.0. The molecule has 1 spiro atoms. The standard InChI is InChI=1S/C58H35N3/c1-2-15-39-33-40(29-27-36(39)13-1)44-22-11-17-38-28-30-41(34-50(38)44)55-59-56(61-57(60-55)49-23-12-16-37-14-3-4-18-43(37)49)42-31-32-48-47-21-7-10-26-53(47)58(54(48)35-42)51-24-8-5-19-45(51)46-20-6-9-25-52(46)58/h1-35H. The predicted molar refractivity (Wildman–Crippen MR) is 250 cm³/mol. The van der Waals surface area contributed by atoms with Crippen LogP contribution >= 0.6 is 0 Å². The van der Waals surface area contributed by atoms with Crippen molar-refractivity contribution in [2.75, 3.05) is 0 Å². The van der Waals surface area contributed by atoms with Crippen LogP contribution in [0.5, 0.6) is 0 Å². The summed E-state index contributed by atoms with van der Waals surface area (Å²) < 4.78 is 0. The first-order valence-electron chi connectivity index (χ1n) is 20.9. The molecule has 0 radical (unpaired) electrons. The van der Waals surface area contributed by atoms with Crippen LogP contribution < -0.4 is 0 Å². The minimum Gasteiger partial charge on any atom is -0.208 e. The maximum atomic E-state index is 5.39. The van der Waals surface area contributed by atoms with E-state index >= 15 is 0 Å². The third kappa shape index (κ3) is 4.95. The lowest BCUT2D eigenvalue weighted by Crippen LogP contribution is -2.25. The SMILES string of the molecule is c1ccc2c(c1)-c1ccccc1C21c2ccccc2-c2ccc(-c3nc(-c4ccc5cccc(-c6ccc7ccccc7c6)c5c4)nc(-c4cccc5ccccc45)n3)cc21. The molecule has 11 aromatic rings. The Bertz CT molecular complexity index is 3550. The first-order chi connectivity index (χ1) is 30.2. The molecule has 282 valence electrons. The van der Waals surface area contributed by atoms with Gasteiger partial charge in [0.1, 0.15) is 0 Å². The van der Waals surface area contributed by atoms with Gasteiger partial charge in [0.15, 0.2) is 17.5 Å². The average molecular weight is 774 g/mol. The summed E-state index contributed by atoms with van der Waals surface area (Å²) in [4.78, 5) is 16.1. The van der Waals surface area contributed by atoms with Gasteiger partial charge in [0.25, 0.3) is 0 Å². The van der Waals surface area contributed by atoms with E-state index in [0.29, 0.717) is 17.5 Å². The third-order valence-electron chi connectivity index (χ3n) is 13.1. The van der Waals surface area contributed by atoms with Crippen LogP contribution in [0.4, 0.5) is 0 Å². The van der Waals surface area contributed by atoms with Gasteiger partial charge in [0.05, 0.1) is 5.41 Å². The highest BCUT2D eigenvalue weighted by Gasteiger charge is 2.51. The van der Waals surface area contributed by atoms with E-state index < -0.39 is 5.41 Å². The summed E-state index contributed by atoms with van der Waals surface area (Å²) in [5.74, 6) is 1.93. The number of fused-ring (bicyclic) bond motifs is 13. The first-order valence-corrected chi connectivity index (χ1v) is 20.9. The van der Waals surface area contributed by atoms with Crippen molar-refractivity contribution in [2.45, 2.75) is 5.41 Å². The molecule has 0 N–H and O–H groups in total. The number of benzene rings is 10. The molecule has 0 unspecified atom stereocenters. The molecule has 0 fully saturated rings. The summed E-state index contributed by atoms with van der Waals surface area (Å²) in [6, 6.07) is 76.9. The molecular formula is C58H35N3. The van der Waals surface area contributed by atoms with Crippen molar-refractivity contribution in [2.24, 2.45) is 0 Å². The molecule has 1 aromatic heterocycles. The van der Waals surface area contributed by atoms with Gasteiger partial charge in [-0.1, -0.05) is 194 Å². The van der Waals surface area contributed by atoms with Crippen molar-refractivity contribution in [1.82, 2.24) is 15.0 Å². The second-order valence-corrected chi connectivity index (χ2v) is 16.3. The van der Waals surface area contributed by atoms with Gasteiger partial charge in [-0.3, -0.25) is 0 Å². The van der Waals surface area contributed by atoms with Crippen molar-refractivity contribution in [3.63, 3.8) is 0 Å². The minimum absolute atomic E-state index is 0.471. The van der Waals surface area contributed by atoms with Crippen molar-refractivity contribution >= 4 is 32.3 Å². The van der Waals surface area contributed by atoms with Crippen LogP contribution in [0.3, 0.4) is 0 Å². The Labute approximate surface area is 353 Å². The van der Waals surface area contributed by atoms with Gasteiger partial charge in [-0.15, -0.1) is 0 Å². The molecule has 0 saturated heterocycles. The van der Waals surface area contributed by atoms with Crippen molar-refractivity contribution in [3.8, 4) is 67.5 Å². The van der Waals surface area contributed by atoms with E-state index in [1.807, 2.05) is 0 Å². The molecule has 0 atom stereocenters. The second kappa shape index (κ2) is 13.0. The zero-order valence-corrected chi connectivity index (χ0v) is 33.0. The fraction of sp³-hybridized carbons (Fsp3) is 0.0172. The summed E-state index contributed by atoms with van der Waals surface area (Å²) in [5.41, 5.74) is 15.0. The molecule has 13 rings (SSSR count). The third-order valence-corrected chi connectivity index (χ3v) is 13.1. The first kappa shape index (κ1) is 33.9. The quantitative estimate of drug-likeness (QED) is 0.179. The van der Waals surface area contributed by atoms with Crippen LogP contribution in [-0.2, 0) is 5.41 Å². The minimum atomic E-state index is -0.471. The maximum absolute atomic E-state index is 5.39. The van der Waals surface area contributed by atoms with Crippen molar-refractivity contribution in [1.29, 1.82) is 0 Å².